The number of benzene rings is 2. The molecule has 0 radical (unpaired) electrons. The average molecular weight is 424 g/mol. The Kier molecular flexibility index (Phi) is 5.25. The molecule has 1 aromatic heterocycles. The number of azo groups is 1. The van der Waals surface area contributed by atoms with E-state index in [0.717, 1.165) is 16.8 Å². The Morgan fingerprint density at radius 2 is 1.86 bits per heavy atom. The molecule has 0 spiro atoms. The van der Waals surface area contributed by atoms with E-state index in [9.17, 15) is 4.79 Å². The van der Waals surface area contributed by atoms with Gasteiger partial charge in [0.2, 0.25) is 5.13 Å². The highest BCUT2D eigenvalue weighted by Crippen LogP contribution is 2.31. The van der Waals surface area contributed by atoms with Gasteiger partial charge in [-0.2, -0.15) is 20.3 Å². The van der Waals surface area contributed by atoms with Gasteiger partial charge in [-0.1, -0.05) is 47.5 Å². The standard InChI is InChI=1S/C21H18ClN5OS/c1-12-7-9-15(10-8-12)18-11-29-21(23-18)27-20(28)19(14(3)26-27)25-24-17-6-4-5-16(22)13(17)2/h4-11,19H,1-3H3. The van der Waals surface area contributed by atoms with Crippen molar-refractivity contribution in [2.24, 2.45) is 15.3 Å². The van der Waals surface area contributed by atoms with Crippen molar-refractivity contribution in [3.05, 3.63) is 64.0 Å². The number of rotatable bonds is 4. The van der Waals surface area contributed by atoms with Crippen molar-refractivity contribution in [1.29, 1.82) is 0 Å². The van der Waals surface area contributed by atoms with Gasteiger partial charge in [-0.15, -0.1) is 11.3 Å². The Morgan fingerprint density at radius 3 is 2.62 bits per heavy atom. The lowest BCUT2D eigenvalue weighted by molar-refractivity contribution is -0.117. The molecule has 0 fully saturated rings. The third kappa shape index (κ3) is 3.83. The highest BCUT2D eigenvalue weighted by molar-refractivity contribution is 7.14. The first-order chi connectivity index (χ1) is 13.9. The number of hydrazone groups is 1. The van der Waals surface area contributed by atoms with E-state index in [4.69, 9.17) is 11.6 Å². The Bertz CT molecular complexity index is 1140. The quantitative estimate of drug-likeness (QED) is 0.486. The number of carbonyl (C=O) groups excluding carboxylic acids is 1. The van der Waals surface area contributed by atoms with Gasteiger partial charge in [-0.05, 0) is 38.5 Å². The summed E-state index contributed by atoms with van der Waals surface area (Å²) in [6.07, 6.45) is 0. The summed E-state index contributed by atoms with van der Waals surface area (Å²) in [7, 11) is 0. The van der Waals surface area contributed by atoms with Gasteiger partial charge in [0.05, 0.1) is 17.1 Å². The van der Waals surface area contributed by atoms with Crippen molar-refractivity contribution in [2.75, 3.05) is 5.01 Å². The number of halogens is 1. The maximum absolute atomic E-state index is 12.9. The highest BCUT2D eigenvalue weighted by atomic mass is 35.5. The van der Waals surface area contributed by atoms with Crippen LogP contribution in [0.3, 0.4) is 0 Å². The third-order valence-corrected chi connectivity index (χ3v) is 5.86. The zero-order valence-corrected chi connectivity index (χ0v) is 17.7. The first-order valence-electron chi connectivity index (χ1n) is 9.01. The van der Waals surface area contributed by atoms with Gasteiger partial charge >= 0.3 is 0 Å². The van der Waals surface area contributed by atoms with Gasteiger partial charge in [0, 0.05) is 16.0 Å². The molecule has 8 heteroatoms. The Morgan fingerprint density at radius 1 is 1.10 bits per heavy atom. The first kappa shape index (κ1) is 19.4. The van der Waals surface area contributed by atoms with Crippen LogP contribution in [-0.2, 0) is 4.79 Å². The van der Waals surface area contributed by atoms with E-state index < -0.39 is 6.04 Å². The summed E-state index contributed by atoms with van der Waals surface area (Å²) in [6, 6.07) is 12.7. The van der Waals surface area contributed by atoms with Gasteiger partial charge in [0.1, 0.15) is 0 Å². The number of aromatic nitrogens is 1. The van der Waals surface area contributed by atoms with Crippen LogP contribution in [0.25, 0.3) is 11.3 Å². The largest absolute Gasteiger partial charge is 0.282 e. The molecule has 29 heavy (non-hydrogen) atoms. The molecule has 1 aliphatic rings. The molecule has 1 unspecified atom stereocenters. The van der Waals surface area contributed by atoms with Gasteiger partial charge in [0.15, 0.2) is 6.04 Å². The topological polar surface area (TPSA) is 70.3 Å². The number of thiazole rings is 1. The molecule has 0 saturated heterocycles. The van der Waals surface area contributed by atoms with Crippen LogP contribution in [0.4, 0.5) is 10.8 Å². The van der Waals surface area contributed by atoms with Gasteiger partial charge < -0.3 is 0 Å². The minimum atomic E-state index is -0.764. The summed E-state index contributed by atoms with van der Waals surface area (Å²) in [5.74, 6) is -0.268. The fraction of sp³-hybridized carbons (Fsp3) is 0.190. The summed E-state index contributed by atoms with van der Waals surface area (Å²) >= 11 is 7.49. The average Bonchev–Trinajstić information content (AvgIpc) is 3.29. The van der Waals surface area contributed by atoms with Crippen molar-refractivity contribution in [3.63, 3.8) is 0 Å². The van der Waals surface area contributed by atoms with Crippen LogP contribution in [-0.4, -0.2) is 22.6 Å². The minimum absolute atomic E-state index is 0.268. The predicted molar refractivity (Wildman–Crippen MR) is 117 cm³/mol. The van der Waals surface area contributed by atoms with Crippen LogP contribution in [0.1, 0.15) is 18.1 Å². The summed E-state index contributed by atoms with van der Waals surface area (Å²) in [5, 5.41) is 17.2. The Labute approximate surface area is 177 Å². The van der Waals surface area contributed by atoms with E-state index in [-0.39, 0.29) is 5.91 Å². The van der Waals surface area contributed by atoms with E-state index in [1.807, 2.05) is 49.6 Å². The van der Waals surface area contributed by atoms with Crippen LogP contribution >= 0.6 is 22.9 Å². The van der Waals surface area contributed by atoms with Crippen LogP contribution in [0.15, 0.2) is 63.2 Å². The zero-order valence-electron chi connectivity index (χ0n) is 16.1. The molecule has 146 valence electrons. The molecule has 6 nitrogen and oxygen atoms in total. The molecule has 1 amide bonds. The molecule has 2 aromatic carbocycles. The van der Waals surface area contributed by atoms with Crippen molar-refractivity contribution in [3.8, 4) is 11.3 Å². The number of hydrogen-bond donors (Lipinski definition) is 0. The second-order valence-electron chi connectivity index (χ2n) is 6.77. The smallest absolute Gasteiger partial charge is 0.269 e. The zero-order chi connectivity index (χ0) is 20.5. The number of amides is 1. The van der Waals surface area contributed by atoms with Crippen molar-refractivity contribution < 1.29 is 4.79 Å². The monoisotopic (exact) mass is 423 g/mol. The Hall–Kier alpha value is -2.90. The maximum atomic E-state index is 12.9. The molecular weight excluding hydrogens is 406 g/mol. The fourth-order valence-electron chi connectivity index (χ4n) is 2.87. The molecule has 0 bridgehead atoms. The van der Waals surface area contributed by atoms with Crippen LogP contribution in [0, 0.1) is 13.8 Å². The lowest BCUT2D eigenvalue weighted by atomic mass is 10.1. The number of carbonyl (C=O) groups is 1. The first-order valence-corrected chi connectivity index (χ1v) is 10.3. The highest BCUT2D eigenvalue weighted by Gasteiger charge is 2.36. The summed E-state index contributed by atoms with van der Waals surface area (Å²) in [5.41, 5.74) is 5.01. The molecule has 1 aliphatic heterocycles. The maximum Gasteiger partial charge on any atom is 0.282 e. The van der Waals surface area contributed by atoms with Crippen molar-refractivity contribution in [1.82, 2.24) is 4.98 Å². The normalized spacial score (nSPS) is 16.7. The summed E-state index contributed by atoms with van der Waals surface area (Å²) < 4.78 is 0. The molecule has 0 aliphatic carbocycles. The van der Waals surface area contributed by atoms with E-state index in [0.29, 0.717) is 21.6 Å². The minimum Gasteiger partial charge on any atom is -0.269 e. The number of anilines is 1. The molecular formula is C21H18ClN5OS. The van der Waals surface area contributed by atoms with E-state index in [2.05, 4.69) is 20.3 Å². The van der Waals surface area contributed by atoms with E-state index in [1.54, 1.807) is 19.1 Å². The number of nitrogens with zero attached hydrogens (tertiary/aromatic N) is 5. The second kappa shape index (κ2) is 7.85. The molecule has 4 rings (SSSR count). The molecule has 0 N–H and O–H groups in total. The Balaban J connectivity index is 1.56. The molecule has 3 aromatic rings. The molecule has 1 atom stereocenters. The van der Waals surface area contributed by atoms with Gasteiger partial charge in [-0.3, -0.25) is 4.79 Å². The van der Waals surface area contributed by atoms with Crippen LogP contribution in [0.2, 0.25) is 5.02 Å². The lowest BCUT2D eigenvalue weighted by Crippen LogP contribution is -2.29. The van der Waals surface area contributed by atoms with Crippen molar-refractivity contribution >= 4 is 45.4 Å². The predicted octanol–water partition coefficient (Wildman–Crippen LogP) is 5.96. The summed E-state index contributed by atoms with van der Waals surface area (Å²) in [4.78, 5) is 17.5. The molecule has 2 heterocycles. The van der Waals surface area contributed by atoms with E-state index >= 15 is 0 Å². The van der Waals surface area contributed by atoms with Gasteiger partial charge in [0.25, 0.3) is 5.91 Å². The lowest BCUT2D eigenvalue weighted by Gasteiger charge is -2.08. The third-order valence-electron chi connectivity index (χ3n) is 4.64. The number of aryl methyl sites for hydroxylation is 1. The number of hydrogen-bond acceptors (Lipinski definition) is 6. The van der Waals surface area contributed by atoms with E-state index in [1.165, 1.54) is 21.9 Å². The second-order valence-corrected chi connectivity index (χ2v) is 8.02. The van der Waals surface area contributed by atoms with Crippen LogP contribution in [0.5, 0.6) is 0 Å². The van der Waals surface area contributed by atoms with Crippen molar-refractivity contribution in [2.45, 2.75) is 26.8 Å². The fourth-order valence-corrected chi connectivity index (χ4v) is 3.83. The summed E-state index contributed by atoms with van der Waals surface area (Å²) in [6.45, 7) is 5.67. The SMILES string of the molecule is CC1=NN(c2nc(-c3ccc(C)cc3)cs2)C(=O)C1N=Nc1cccc(Cl)c1C. The van der Waals surface area contributed by atoms with Crippen LogP contribution < -0.4 is 5.01 Å². The van der Waals surface area contributed by atoms with Gasteiger partial charge in [-0.25, -0.2) is 4.98 Å². The molecule has 0 saturated carbocycles.